The summed E-state index contributed by atoms with van der Waals surface area (Å²) in [4.78, 5) is 38.9. The average molecular weight is 578 g/mol. The summed E-state index contributed by atoms with van der Waals surface area (Å²) in [7, 11) is 1.77. The highest BCUT2D eigenvalue weighted by Crippen LogP contribution is 2.40. The van der Waals surface area contributed by atoms with Gasteiger partial charge in [-0.3, -0.25) is 9.59 Å². The van der Waals surface area contributed by atoms with E-state index in [1.54, 1.807) is 49.7 Å². The fraction of sp³-hybridized carbons (Fsp3) is 0.400. The normalized spacial score (nSPS) is 13.1. The maximum Gasteiger partial charge on any atom is 0.341 e. The largest absolute Gasteiger partial charge is 0.484 e. The number of thioether (sulfide) groups is 1. The van der Waals surface area contributed by atoms with E-state index < -0.39 is 11.2 Å². The Morgan fingerprint density at radius 3 is 2.71 bits per heavy atom. The molecule has 4 rings (SSSR count). The Kier molecular flexibility index (Phi) is 9.29. The number of ether oxygens (including phenoxy) is 2. The predicted octanol–water partition coefficient (Wildman–Crippen LogP) is 4.01. The molecule has 3 aromatic rings. The lowest BCUT2D eigenvalue weighted by atomic mass is 10.1. The molecule has 0 aliphatic heterocycles. The summed E-state index contributed by atoms with van der Waals surface area (Å²) in [6.45, 7) is 3.79. The van der Waals surface area contributed by atoms with E-state index in [2.05, 4.69) is 20.8 Å². The lowest BCUT2D eigenvalue weighted by Crippen LogP contribution is -2.29. The third kappa shape index (κ3) is 6.66. The minimum atomic E-state index is -0.514. The lowest BCUT2D eigenvalue weighted by molar-refractivity contribution is -0.123. The first-order chi connectivity index (χ1) is 18.3. The number of hydrogen-bond donors (Lipinski definition) is 2. The second-order valence-corrected chi connectivity index (χ2v) is 11.4. The Hall–Kier alpha value is -3.09. The van der Waals surface area contributed by atoms with Crippen molar-refractivity contribution < 1.29 is 23.9 Å². The van der Waals surface area contributed by atoms with Gasteiger partial charge >= 0.3 is 5.97 Å². The first kappa shape index (κ1) is 27.9. The Labute approximate surface area is 233 Å². The van der Waals surface area contributed by atoms with Crippen LogP contribution in [0.25, 0.3) is 0 Å². The highest BCUT2D eigenvalue weighted by Gasteiger charge is 2.29. The summed E-state index contributed by atoms with van der Waals surface area (Å²) in [6, 6.07) is 6.73. The number of aromatic nitrogens is 3. The van der Waals surface area contributed by atoms with Crippen LogP contribution in [0.5, 0.6) is 5.75 Å². The van der Waals surface area contributed by atoms with Gasteiger partial charge in [0.1, 0.15) is 10.8 Å². The predicted molar refractivity (Wildman–Crippen MR) is 146 cm³/mol. The smallest absolute Gasteiger partial charge is 0.341 e. The van der Waals surface area contributed by atoms with Crippen LogP contribution in [-0.4, -0.2) is 51.0 Å². The first-order valence-electron chi connectivity index (χ1n) is 12.1. The van der Waals surface area contributed by atoms with Crippen molar-refractivity contribution >= 4 is 57.5 Å². The van der Waals surface area contributed by atoms with E-state index in [0.29, 0.717) is 32.3 Å². The molecule has 1 aliphatic carbocycles. The number of halogens is 1. The van der Waals surface area contributed by atoms with E-state index in [4.69, 9.17) is 21.1 Å². The molecule has 0 spiro atoms. The topological polar surface area (TPSA) is 124 Å². The van der Waals surface area contributed by atoms with Crippen LogP contribution in [-0.2, 0) is 40.8 Å². The highest BCUT2D eigenvalue weighted by atomic mass is 35.5. The van der Waals surface area contributed by atoms with Crippen molar-refractivity contribution in [2.75, 3.05) is 18.5 Å². The van der Waals surface area contributed by atoms with Gasteiger partial charge in [0.25, 0.3) is 5.91 Å². The zero-order chi connectivity index (χ0) is 27.2. The van der Waals surface area contributed by atoms with Crippen molar-refractivity contribution in [3.05, 3.63) is 51.1 Å². The van der Waals surface area contributed by atoms with Crippen LogP contribution in [0.2, 0.25) is 5.02 Å². The number of carbonyl (C=O) groups is 3. The second-order valence-electron chi connectivity index (χ2n) is 8.51. The van der Waals surface area contributed by atoms with E-state index in [9.17, 15) is 14.4 Å². The molecule has 202 valence electrons. The number of esters is 1. The van der Waals surface area contributed by atoms with Gasteiger partial charge in [0, 0.05) is 16.9 Å². The molecule has 2 N–H and O–H groups in total. The number of aryl methyl sites for hydroxylation is 1. The van der Waals surface area contributed by atoms with E-state index in [-0.39, 0.29) is 31.6 Å². The van der Waals surface area contributed by atoms with Gasteiger partial charge in [-0.1, -0.05) is 23.4 Å². The van der Waals surface area contributed by atoms with E-state index in [1.165, 1.54) is 23.1 Å². The maximum absolute atomic E-state index is 13.0. The van der Waals surface area contributed by atoms with Crippen LogP contribution < -0.4 is 15.4 Å². The molecular formula is C25H28ClN5O5S2. The summed E-state index contributed by atoms with van der Waals surface area (Å²) in [5.41, 5.74) is 1.47. The number of rotatable bonds is 11. The van der Waals surface area contributed by atoms with Crippen molar-refractivity contribution in [2.45, 2.75) is 50.1 Å². The number of nitrogens with zero attached hydrogens (tertiary/aromatic N) is 3. The highest BCUT2D eigenvalue weighted by molar-refractivity contribution is 8.00. The summed E-state index contributed by atoms with van der Waals surface area (Å²) < 4.78 is 12.4. The molecule has 0 unspecified atom stereocenters. The van der Waals surface area contributed by atoms with Crippen molar-refractivity contribution in [1.82, 2.24) is 20.1 Å². The molecule has 1 atom stereocenters. The second kappa shape index (κ2) is 12.6. The SMILES string of the molecule is CCOC(=O)c1c(NC(=O)[C@@H](C)Sc2nnc(CNC(=O)COc3ccc(Cl)cc3)n2C)sc2c1CCC2. The number of amides is 2. The number of thiophene rings is 1. The van der Waals surface area contributed by atoms with Gasteiger partial charge in [-0.2, -0.15) is 0 Å². The molecule has 1 aromatic carbocycles. The van der Waals surface area contributed by atoms with Crippen LogP contribution in [0, 0.1) is 0 Å². The first-order valence-corrected chi connectivity index (χ1v) is 14.2. The fourth-order valence-electron chi connectivity index (χ4n) is 3.85. The van der Waals surface area contributed by atoms with Gasteiger partial charge in [-0.15, -0.1) is 21.5 Å². The summed E-state index contributed by atoms with van der Waals surface area (Å²) in [5, 5.41) is 15.1. The number of carbonyl (C=O) groups excluding carboxylic acids is 3. The van der Waals surface area contributed by atoms with Crippen LogP contribution in [0.1, 0.15) is 46.9 Å². The molecule has 13 heteroatoms. The summed E-state index contributed by atoms with van der Waals surface area (Å²) >= 11 is 8.52. The van der Waals surface area contributed by atoms with Crippen molar-refractivity contribution in [3.8, 4) is 5.75 Å². The zero-order valence-electron chi connectivity index (χ0n) is 21.2. The van der Waals surface area contributed by atoms with Crippen LogP contribution in [0.4, 0.5) is 5.00 Å². The molecule has 0 fully saturated rings. The van der Waals surface area contributed by atoms with Crippen molar-refractivity contribution in [3.63, 3.8) is 0 Å². The average Bonchev–Trinajstić information content (AvgIpc) is 3.57. The van der Waals surface area contributed by atoms with Gasteiger partial charge in [0.2, 0.25) is 5.91 Å². The molecule has 0 radical (unpaired) electrons. The van der Waals surface area contributed by atoms with Gasteiger partial charge in [-0.05, 0) is 62.9 Å². The minimum absolute atomic E-state index is 0.150. The molecule has 2 amide bonds. The number of fused-ring (bicyclic) bond motifs is 1. The molecule has 1 aliphatic rings. The molecule has 2 heterocycles. The van der Waals surface area contributed by atoms with E-state index >= 15 is 0 Å². The van der Waals surface area contributed by atoms with E-state index in [1.807, 2.05) is 0 Å². The van der Waals surface area contributed by atoms with E-state index in [0.717, 1.165) is 29.7 Å². The van der Waals surface area contributed by atoms with Crippen LogP contribution in [0.3, 0.4) is 0 Å². The molecule has 0 saturated carbocycles. The fourth-order valence-corrected chi connectivity index (χ4v) is 6.09. The Bertz CT molecular complexity index is 1320. The minimum Gasteiger partial charge on any atom is -0.484 e. The quantitative estimate of drug-likeness (QED) is 0.259. The Morgan fingerprint density at radius 2 is 1.97 bits per heavy atom. The Balaban J connectivity index is 1.31. The number of nitrogens with one attached hydrogen (secondary N) is 2. The number of hydrogen-bond acceptors (Lipinski definition) is 9. The number of benzene rings is 1. The molecule has 38 heavy (non-hydrogen) atoms. The third-order valence-electron chi connectivity index (χ3n) is 5.84. The summed E-state index contributed by atoms with van der Waals surface area (Å²) in [5.74, 6) is 0.0961. The van der Waals surface area contributed by atoms with Crippen molar-refractivity contribution in [2.24, 2.45) is 7.05 Å². The molecule has 0 bridgehead atoms. The van der Waals surface area contributed by atoms with Gasteiger partial charge in [0.15, 0.2) is 17.6 Å². The molecule has 2 aromatic heterocycles. The maximum atomic E-state index is 13.0. The number of anilines is 1. The third-order valence-corrected chi connectivity index (χ3v) is 8.43. The monoisotopic (exact) mass is 577 g/mol. The Morgan fingerprint density at radius 1 is 1.21 bits per heavy atom. The van der Waals surface area contributed by atoms with Crippen LogP contribution >= 0.6 is 34.7 Å². The summed E-state index contributed by atoms with van der Waals surface area (Å²) in [6.07, 6.45) is 2.71. The molecule has 0 saturated heterocycles. The van der Waals surface area contributed by atoms with Gasteiger partial charge < -0.3 is 24.7 Å². The molecule has 10 nitrogen and oxygen atoms in total. The standard InChI is InChI=1S/C25H28ClN5O5S2/c1-4-35-24(34)21-17-6-5-7-18(17)38-23(21)28-22(33)14(2)37-25-30-29-19(31(25)3)12-27-20(32)13-36-16-10-8-15(26)9-11-16/h8-11,14H,4-7,12-13H2,1-3H3,(H,27,32)(H,28,33)/t14-/m1/s1. The zero-order valence-corrected chi connectivity index (χ0v) is 23.6. The van der Waals surface area contributed by atoms with Gasteiger partial charge in [-0.25, -0.2) is 4.79 Å². The molecular weight excluding hydrogens is 550 g/mol. The van der Waals surface area contributed by atoms with Gasteiger partial charge in [0.05, 0.1) is 24.0 Å². The van der Waals surface area contributed by atoms with Crippen molar-refractivity contribution in [1.29, 1.82) is 0 Å². The van der Waals surface area contributed by atoms with Crippen LogP contribution in [0.15, 0.2) is 29.4 Å². The lowest BCUT2D eigenvalue weighted by Gasteiger charge is -2.12.